The van der Waals surface area contributed by atoms with Gasteiger partial charge in [0.25, 0.3) is 5.91 Å². The van der Waals surface area contributed by atoms with Gasteiger partial charge in [-0.1, -0.05) is 6.92 Å². The number of carboxylic acid groups (broad SMARTS) is 1. The summed E-state index contributed by atoms with van der Waals surface area (Å²) in [6.45, 7) is 3.86. The number of hydrazone groups is 1. The number of hydrogen-bond acceptors (Lipinski definition) is 4. The summed E-state index contributed by atoms with van der Waals surface area (Å²) in [5.74, 6) is -2.10. The van der Waals surface area contributed by atoms with Gasteiger partial charge in [-0.05, 0) is 6.92 Å². The molecule has 0 aliphatic carbocycles. The number of aliphatic carboxylic acids is 1. The molecule has 0 fully saturated rings. The van der Waals surface area contributed by atoms with Crippen LogP contribution in [-0.4, -0.2) is 46.6 Å². The van der Waals surface area contributed by atoms with E-state index in [9.17, 15) is 14.4 Å². The molecule has 1 aliphatic rings. The van der Waals surface area contributed by atoms with Gasteiger partial charge in [0.2, 0.25) is 5.91 Å². The van der Waals surface area contributed by atoms with Crippen molar-refractivity contribution >= 4 is 23.5 Å². The van der Waals surface area contributed by atoms with Crippen LogP contribution in [0.5, 0.6) is 0 Å². The first kappa shape index (κ1) is 14.1. The van der Waals surface area contributed by atoms with E-state index in [-0.39, 0.29) is 30.5 Å². The van der Waals surface area contributed by atoms with E-state index in [1.165, 1.54) is 4.90 Å². The Morgan fingerprint density at radius 3 is 2.61 bits per heavy atom. The van der Waals surface area contributed by atoms with E-state index in [4.69, 9.17) is 5.11 Å². The van der Waals surface area contributed by atoms with Gasteiger partial charge in [0, 0.05) is 25.9 Å². The van der Waals surface area contributed by atoms with Crippen LogP contribution < -0.4 is 5.43 Å². The zero-order chi connectivity index (χ0) is 13.7. The number of nitrogens with one attached hydrogen (secondary N) is 1. The third-order valence-corrected chi connectivity index (χ3v) is 2.74. The Morgan fingerprint density at radius 2 is 2.17 bits per heavy atom. The molecule has 0 spiro atoms. The Kier molecular flexibility index (Phi) is 4.82. The summed E-state index contributed by atoms with van der Waals surface area (Å²) in [7, 11) is 0. The van der Waals surface area contributed by atoms with Crippen molar-refractivity contribution in [1.82, 2.24) is 10.3 Å². The van der Waals surface area contributed by atoms with Crippen molar-refractivity contribution in [2.45, 2.75) is 26.7 Å². The van der Waals surface area contributed by atoms with Crippen LogP contribution in [0.1, 0.15) is 26.7 Å². The van der Waals surface area contributed by atoms with E-state index in [2.05, 4.69) is 10.5 Å². The average Bonchev–Trinajstić information content (AvgIpc) is 2.35. The van der Waals surface area contributed by atoms with Gasteiger partial charge in [0.1, 0.15) is 5.71 Å². The molecule has 1 unspecified atom stereocenters. The Bertz CT molecular complexity index is 392. The molecule has 1 heterocycles. The van der Waals surface area contributed by atoms with Crippen LogP contribution in [0.2, 0.25) is 0 Å². The molecule has 1 aliphatic heterocycles. The molecule has 0 aromatic rings. The van der Waals surface area contributed by atoms with Crippen molar-refractivity contribution in [1.29, 1.82) is 0 Å². The van der Waals surface area contributed by atoms with E-state index < -0.39 is 11.9 Å². The predicted octanol–water partition coefficient (Wildman–Crippen LogP) is -0.178. The lowest BCUT2D eigenvalue weighted by Crippen LogP contribution is -2.43. The zero-order valence-corrected chi connectivity index (χ0v) is 10.5. The number of nitrogens with zero attached hydrogens (tertiary/aromatic N) is 2. The van der Waals surface area contributed by atoms with E-state index in [0.29, 0.717) is 13.0 Å². The third kappa shape index (κ3) is 3.54. The first-order valence-corrected chi connectivity index (χ1v) is 5.83. The molecule has 18 heavy (non-hydrogen) atoms. The van der Waals surface area contributed by atoms with Crippen LogP contribution >= 0.6 is 0 Å². The molecule has 0 bridgehead atoms. The summed E-state index contributed by atoms with van der Waals surface area (Å²) in [6.07, 6.45) is 0.527. The standard InChI is InChI=1S/C11H17N3O4/c1-3-14(6-7(2)11(17)18)10(16)8-4-5-9(15)13-12-8/h7H,3-6H2,1-2H3,(H,13,15)(H,17,18). The summed E-state index contributed by atoms with van der Waals surface area (Å²) >= 11 is 0. The Morgan fingerprint density at radius 1 is 1.50 bits per heavy atom. The number of amides is 2. The van der Waals surface area contributed by atoms with Crippen molar-refractivity contribution in [3.05, 3.63) is 0 Å². The number of hydrogen-bond donors (Lipinski definition) is 2. The molecule has 2 N–H and O–H groups in total. The lowest BCUT2D eigenvalue weighted by molar-refractivity contribution is -0.142. The highest BCUT2D eigenvalue weighted by atomic mass is 16.4. The molecular weight excluding hydrogens is 238 g/mol. The lowest BCUT2D eigenvalue weighted by atomic mass is 10.1. The van der Waals surface area contributed by atoms with Crippen LogP contribution in [0.25, 0.3) is 0 Å². The quantitative estimate of drug-likeness (QED) is 0.712. The second-order valence-corrected chi connectivity index (χ2v) is 4.18. The minimum absolute atomic E-state index is 0.137. The van der Waals surface area contributed by atoms with Crippen LogP contribution in [0, 0.1) is 5.92 Å². The maximum atomic E-state index is 12.0. The smallest absolute Gasteiger partial charge is 0.308 e. The summed E-state index contributed by atoms with van der Waals surface area (Å²) in [5, 5.41) is 12.5. The van der Waals surface area contributed by atoms with Gasteiger partial charge in [-0.25, -0.2) is 5.43 Å². The van der Waals surface area contributed by atoms with Crippen LogP contribution in [0.15, 0.2) is 5.10 Å². The van der Waals surface area contributed by atoms with Crippen molar-refractivity contribution in [2.75, 3.05) is 13.1 Å². The van der Waals surface area contributed by atoms with Crippen LogP contribution in [0.3, 0.4) is 0 Å². The number of carbonyl (C=O) groups excluding carboxylic acids is 2. The summed E-state index contributed by atoms with van der Waals surface area (Å²) < 4.78 is 0. The van der Waals surface area contributed by atoms with Crippen molar-refractivity contribution < 1.29 is 19.5 Å². The molecule has 0 aromatic heterocycles. The SMILES string of the molecule is CCN(CC(C)C(=O)O)C(=O)C1=NNC(=O)CC1. The Balaban J connectivity index is 2.68. The Labute approximate surface area is 105 Å². The van der Waals surface area contributed by atoms with E-state index in [1.54, 1.807) is 13.8 Å². The number of carboxylic acids is 1. The zero-order valence-electron chi connectivity index (χ0n) is 10.5. The lowest BCUT2D eigenvalue weighted by Gasteiger charge is -2.24. The average molecular weight is 255 g/mol. The fourth-order valence-corrected chi connectivity index (χ4v) is 1.58. The monoisotopic (exact) mass is 255 g/mol. The molecule has 7 heteroatoms. The second kappa shape index (κ2) is 6.13. The molecule has 7 nitrogen and oxygen atoms in total. The predicted molar refractivity (Wildman–Crippen MR) is 63.9 cm³/mol. The van der Waals surface area contributed by atoms with Crippen LogP contribution in [-0.2, 0) is 14.4 Å². The molecule has 0 saturated carbocycles. The topological polar surface area (TPSA) is 99.1 Å². The van der Waals surface area contributed by atoms with Crippen molar-refractivity contribution in [3.8, 4) is 0 Å². The first-order chi connectivity index (χ1) is 8.45. The van der Waals surface area contributed by atoms with Gasteiger partial charge in [-0.15, -0.1) is 0 Å². The van der Waals surface area contributed by atoms with E-state index >= 15 is 0 Å². The normalized spacial score (nSPS) is 16.6. The maximum Gasteiger partial charge on any atom is 0.308 e. The molecule has 0 aromatic carbocycles. The van der Waals surface area contributed by atoms with E-state index in [0.717, 1.165) is 0 Å². The van der Waals surface area contributed by atoms with Gasteiger partial charge < -0.3 is 10.0 Å². The molecule has 0 radical (unpaired) electrons. The fourth-order valence-electron chi connectivity index (χ4n) is 1.58. The minimum Gasteiger partial charge on any atom is -0.481 e. The molecule has 100 valence electrons. The van der Waals surface area contributed by atoms with Gasteiger partial charge in [-0.2, -0.15) is 5.10 Å². The summed E-state index contributed by atoms with van der Waals surface area (Å²) in [4.78, 5) is 35.2. The summed E-state index contributed by atoms with van der Waals surface area (Å²) in [6, 6.07) is 0. The summed E-state index contributed by atoms with van der Waals surface area (Å²) in [5.41, 5.74) is 2.53. The largest absolute Gasteiger partial charge is 0.481 e. The maximum absolute atomic E-state index is 12.0. The van der Waals surface area contributed by atoms with Gasteiger partial charge in [0.05, 0.1) is 5.92 Å². The van der Waals surface area contributed by atoms with Gasteiger partial charge >= 0.3 is 5.97 Å². The Hall–Kier alpha value is -1.92. The third-order valence-electron chi connectivity index (χ3n) is 2.74. The highest BCUT2D eigenvalue weighted by Gasteiger charge is 2.25. The number of rotatable bonds is 5. The fraction of sp³-hybridized carbons (Fsp3) is 0.636. The molecular formula is C11H17N3O4. The van der Waals surface area contributed by atoms with Crippen molar-refractivity contribution in [3.63, 3.8) is 0 Å². The number of carbonyl (C=O) groups is 3. The highest BCUT2D eigenvalue weighted by Crippen LogP contribution is 2.06. The molecule has 0 saturated heterocycles. The van der Waals surface area contributed by atoms with Gasteiger partial charge in [-0.3, -0.25) is 14.4 Å². The van der Waals surface area contributed by atoms with Crippen molar-refractivity contribution in [2.24, 2.45) is 11.0 Å². The van der Waals surface area contributed by atoms with Gasteiger partial charge in [0.15, 0.2) is 0 Å². The van der Waals surface area contributed by atoms with E-state index in [1.807, 2.05) is 0 Å². The first-order valence-electron chi connectivity index (χ1n) is 5.83. The molecule has 1 rings (SSSR count). The second-order valence-electron chi connectivity index (χ2n) is 4.18. The van der Waals surface area contributed by atoms with Crippen LogP contribution in [0.4, 0.5) is 0 Å². The highest BCUT2D eigenvalue weighted by molar-refractivity contribution is 6.39. The molecule has 1 atom stereocenters. The molecule has 2 amide bonds. The minimum atomic E-state index is -0.944.